The predicted molar refractivity (Wildman–Crippen MR) is 67.9 cm³/mol. The molecular formula is C13H14N4O. The van der Waals surface area contributed by atoms with E-state index in [4.69, 9.17) is 15.7 Å². The van der Waals surface area contributed by atoms with Crippen molar-refractivity contribution in [1.82, 2.24) is 9.55 Å². The highest BCUT2D eigenvalue weighted by molar-refractivity contribution is 5.56. The van der Waals surface area contributed by atoms with E-state index >= 15 is 0 Å². The van der Waals surface area contributed by atoms with Gasteiger partial charge in [0.05, 0.1) is 30.3 Å². The lowest BCUT2D eigenvalue weighted by Gasteiger charge is -2.09. The first-order chi connectivity index (χ1) is 8.79. The molecule has 0 aliphatic carbocycles. The number of hydrogen-bond acceptors (Lipinski definition) is 4. The third-order valence-electron chi connectivity index (χ3n) is 2.52. The molecule has 0 spiro atoms. The van der Waals surface area contributed by atoms with Gasteiger partial charge < -0.3 is 15.0 Å². The summed E-state index contributed by atoms with van der Waals surface area (Å²) in [6, 6.07) is 7.07. The van der Waals surface area contributed by atoms with Gasteiger partial charge in [0.25, 0.3) is 0 Å². The highest BCUT2D eigenvalue weighted by Gasteiger charge is 2.01. The summed E-state index contributed by atoms with van der Waals surface area (Å²) in [5, 5.41) is 8.72. The Morgan fingerprint density at radius 2 is 2.33 bits per heavy atom. The Hall–Kier alpha value is -2.48. The minimum Gasteiger partial charge on any atom is -0.491 e. The van der Waals surface area contributed by atoms with Crippen molar-refractivity contribution in [1.29, 1.82) is 5.26 Å². The molecule has 0 amide bonds. The van der Waals surface area contributed by atoms with Crippen molar-refractivity contribution in [3.8, 4) is 11.8 Å². The van der Waals surface area contributed by atoms with Crippen LogP contribution in [0.1, 0.15) is 12.0 Å². The van der Waals surface area contributed by atoms with Gasteiger partial charge in [0.1, 0.15) is 5.75 Å². The molecule has 0 bridgehead atoms. The van der Waals surface area contributed by atoms with E-state index in [1.54, 1.807) is 30.7 Å². The van der Waals surface area contributed by atoms with Gasteiger partial charge in [-0.3, -0.25) is 0 Å². The molecule has 0 aliphatic rings. The zero-order chi connectivity index (χ0) is 12.8. The fourth-order valence-electron chi connectivity index (χ4n) is 1.60. The van der Waals surface area contributed by atoms with Gasteiger partial charge in [0.15, 0.2) is 0 Å². The molecule has 0 radical (unpaired) electrons. The Morgan fingerprint density at radius 1 is 1.44 bits per heavy atom. The number of anilines is 1. The fourth-order valence-corrected chi connectivity index (χ4v) is 1.60. The van der Waals surface area contributed by atoms with Crippen LogP contribution in [-0.4, -0.2) is 16.2 Å². The average molecular weight is 242 g/mol. The second-order valence-electron chi connectivity index (χ2n) is 3.87. The molecule has 2 N–H and O–H groups in total. The topological polar surface area (TPSA) is 76.9 Å². The average Bonchev–Trinajstić information content (AvgIpc) is 2.89. The van der Waals surface area contributed by atoms with Gasteiger partial charge in [-0.1, -0.05) is 0 Å². The molecule has 0 saturated heterocycles. The molecule has 0 unspecified atom stereocenters. The summed E-state index contributed by atoms with van der Waals surface area (Å²) < 4.78 is 7.56. The highest BCUT2D eigenvalue weighted by Crippen LogP contribution is 2.22. The minimum atomic E-state index is 0.497. The Bertz CT molecular complexity index is 543. The lowest BCUT2D eigenvalue weighted by molar-refractivity contribution is 0.303. The molecule has 18 heavy (non-hydrogen) atoms. The zero-order valence-corrected chi connectivity index (χ0v) is 9.91. The molecule has 2 rings (SSSR count). The quantitative estimate of drug-likeness (QED) is 0.640. The number of aromatic nitrogens is 2. The first-order valence-electron chi connectivity index (χ1n) is 5.68. The van der Waals surface area contributed by atoms with Gasteiger partial charge in [0.2, 0.25) is 0 Å². The van der Waals surface area contributed by atoms with Gasteiger partial charge >= 0.3 is 0 Å². The molecule has 0 atom stereocenters. The molecule has 0 saturated carbocycles. The van der Waals surface area contributed by atoms with Crippen LogP contribution in [0.3, 0.4) is 0 Å². The number of nitriles is 1. The number of aryl methyl sites for hydroxylation is 1. The van der Waals surface area contributed by atoms with Gasteiger partial charge in [-0.15, -0.1) is 0 Å². The van der Waals surface area contributed by atoms with Crippen molar-refractivity contribution >= 4 is 5.69 Å². The summed E-state index contributed by atoms with van der Waals surface area (Å²) in [5.74, 6) is 0.625. The van der Waals surface area contributed by atoms with Gasteiger partial charge in [-0.2, -0.15) is 5.26 Å². The molecule has 0 fully saturated rings. The molecule has 1 aromatic heterocycles. The van der Waals surface area contributed by atoms with E-state index in [0.717, 1.165) is 13.0 Å². The van der Waals surface area contributed by atoms with Gasteiger partial charge in [0, 0.05) is 18.9 Å². The predicted octanol–water partition coefficient (Wildman–Crippen LogP) is 1.81. The van der Waals surface area contributed by atoms with Crippen LogP contribution < -0.4 is 10.5 Å². The van der Waals surface area contributed by atoms with Crippen molar-refractivity contribution in [2.24, 2.45) is 0 Å². The second-order valence-corrected chi connectivity index (χ2v) is 3.87. The lowest BCUT2D eigenvalue weighted by Crippen LogP contribution is -2.04. The Morgan fingerprint density at radius 3 is 3.00 bits per heavy atom. The van der Waals surface area contributed by atoms with E-state index in [2.05, 4.69) is 4.98 Å². The molecule has 5 heteroatoms. The first-order valence-corrected chi connectivity index (χ1v) is 5.68. The third-order valence-corrected chi connectivity index (χ3v) is 2.52. The summed E-state index contributed by atoms with van der Waals surface area (Å²) in [4.78, 5) is 3.96. The number of ether oxygens (including phenoxy) is 1. The third kappa shape index (κ3) is 3.01. The van der Waals surface area contributed by atoms with Crippen LogP contribution in [0.25, 0.3) is 0 Å². The summed E-state index contributed by atoms with van der Waals surface area (Å²) in [6.07, 6.45) is 6.31. The number of nitrogens with two attached hydrogens (primary N) is 1. The van der Waals surface area contributed by atoms with Crippen molar-refractivity contribution in [3.63, 3.8) is 0 Å². The van der Waals surface area contributed by atoms with Crippen LogP contribution in [0.4, 0.5) is 5.69 Å². The standard InChI is InChI=1S/C13H14N4O/c14-9-11-2-3-13(12(15)8-11)18-7-1-5-17-6-4-16-10-17/h2-4,6,8,10H,1,5,7,15H2. The molecule has 1 heterocycles. The summed E-state index contributed by atoms with van der Waals surface area (Å²) in [5.41, 5.74) is 6.82. The van der Waals surface area contributed by atoms with Crippen LogP contribution in [0.2, 0.25) is 0 Å². The number of nitrogens with zero attached hydrogens (tertiary/aromatic N) is 3. The van der Waals surface area contributed by atoms with Gasteiger partial charge in [-0.25, -0.2) is 4.98 Å². The Balaban J connectivity index is 1.82. The maximum absolute atomic E-state index is 8.72. The number of benzene rings is 1. The smallest absolute Gasteiger partial charge is 0.142 e. The monoisotopic (exact) mass is 242 g/mol. The van der Waals surface area contributed by atoms with Crippen molar-refractivity contribution < 1.29 is 4.74 Å². The van der Waals surface area contributed by atoms with Crippen molar-refractivity contribution in [3.05, 3.63) is 42.5 Å². The summed E-state index contributed by atoms with van der Waals surface area (Å²) in [7, 11) is 0. The number of nitrogen functional groups attached to an aromatic ring is 1. The van der Waals surface area contributed by atoms with E-state index in [1.165, 1.54) is 0 Å². The van der Waals surface area contributed by atoms with Crippen LogP contribution in [-0.2, 0) is 6.54 Å². The lowest BCUT2D eigenvalue weighted by atomic mass is 10.2. The highest BCUT2D eigenvalue weighted by atomic mass is 16.5. The number of imidazole rings is 1. The van der Waals surface area contributed by atoms with Gasteiger partial charge in [-0.05, 0) is 24.6 Å². The van der Waals surface area contributed by atoms with E-state index in [1.807, 2.05) is 16.8 Å². The normalized spacial score (nSPS) is 9.94. The maximum atomic E-state index is 8.72. The molecule has 1 aromatic carbocycles. The fraction of sp³-hybridized carbons (Fsp3) is 0.231. The molecule has 92 valence electrons. The van der Waals surface area contributed by atoms with Crippen molar-refractivity contribution in [2.45, 2.75) is 13.0 Å². The molecular weight excluding hydrogens is 228 g/mol. The SMILES string of the molecule is N#Cc1ccc(OCCCn2ccnc2)c(N)c1. The molecule has 5 nitrogen and oxygen atoms in total. The molecule has 0 aliphatic heterocycles. The van der Waals surface area contributed by atoms with Crippen LogP contribution >= 0.6 is 0 Å². The first kappa shape index (κ1) is 12.0. The summed E-state index contributed by atoms with van der Waals surface area (Å²) in [6.45, 7) is 1.43. The van der Waals surface area contributed by atoms with E-state index in [0.29, 0.717) is 23.6 Å². The van der Waals surface area contributed by atoms with E-state index < -0.39 is 0 Å². The Labute approximate surface area is 105 Å². The molecule has 2 aromatic rings. The second kappa shape index (κ2) is 5.73. The largest absolute Gasteiger partial charge is 0.491 e. The van der Waals surface area contributed by atoms with Crippen LogP contribution in [0, 0.1) is 11.3 Å². The zero-order valence-electron chi connectivity index (χ0n) is 9.91. The van der Waals surface area contributed by atoms with Crippen molar-refractivity contribution in [2.75, 3.05) is 12.3 Å². The van der Waals surface area contributed by atoms with E-state index in [-0.39, 0.29) is 0 Å². The maximum Gasteiger partial charge on any atom is 0.142 e. The van der Waals surface area contributed by atoms with E-state index in [9.17, 15) is 0 Å². The minimum absolute atomic E-state index is 0.497. The van der Waals surface area contributed by atoms with Crippen LogP contribution in [0.5, 0.6) is 5.75 Å². The summed E-state index contributed by atoms with van der Waals surface area (Å²) >= 11 is 0. The number of hydrogen-bond donors (Lipinski definition) is 1. The number of rotatable bonds is 5. The van der Waals surface area contributed by atoms with Crippen LogP contribution in [0.15, 0.2) is 36.9 Å². The Kier molecular flexibility index (Phi) is 3.82.